The summed E-state index contributed by atoms with van der Waals surface area (Å²) in [4.78, 5) is 246. The molecule has 15 amide bonds. The maximum absolute atomic E-state index is 15.5. The Morgan fingerprint density at radius 1 is 0.538 bits per heavy atom. The molecule has 3 heterocycles. The van der Waals surface area contributed by atoms with E-state index < -0.39 is 235 Å². The Bertz CT molecular complexity index is 5210. The highest BCUT2D eigenvalue weighted by Crippen LogP contribution is 2.26. The zero-order chi connectivity index (χ0) is 96.7. The van der Waals surface area contributed by atoms with Crippen molar-refractivity contribution >= 4 is 117 Å². The van der Waals surface area contributed by atoms with Crippen LogP contribution in [0.15, 0.2) is 152 Å². The van der Waals surface area contributed by atoms with Crippen molar-refractivity contribution in [3.8, 4) is 5.75 Å². The zero-order valence-electron chi connectivity index (χ0n) is 75.2. The number of nitrogens with zero attached hydrogens (tertiary/aromatic N) is 6. The number of carbonyl (C=O) groups excluding carboxylic acids is 15. The van der Waals surface area contributed by atoms with E-state index in [0.29, 0.717) is 69.0 Å². The lowest BCUT2D eigenvalue weighted by atomic mass is 9.96. The molecule has 0 saturated carbocycles. The fraction of sp³-hybridized carbons (Fsp3) is 0.430. The topological polar surface area (TPSA) is 493 Å². The van der Waals surface area contributed by atoms with Gasteiger partial charge >= 0.3 is 5.97 Å². The van der Waals surface area contributed by atoms with E-state index in [9.17, 15) is 57.8 Å². The Balaban J connectivity index is 1.21. The van der Waals surface area contributed by atoms with Crippen molar-refractivity contribution in [2.75, 3.05) is 72.9 Å². The molecular formula is C93H116F3N17O18S. The summed E-state index contributed by atoms with van der Waals surface area (Å²) in [5.41, 5.74) is 8.16. The fourth-order valence-corrected chi connectivity index (χ4v) is 16.0. The highest BCUT2D eigenvalue weighted by atomic mass is 32.2. The van der Waals surface area contributed by atoms with E-state index in [1.54, 1.807) is 138 Å². The van der Waals surface area contributed by atoms with Crippen LogP contribution in [0.4, 0.5) is 13.2 Å². The van der Waals surface area contributed by atoms with Crippen LogP contribution >= 0.6 is 11.8 Å². The number of hydrogen-bond acceptors (Lipinski definition) is 19. The minimum atomic E-state index is -1.95. The summed E-state index contributed by atoms with van der Waals surface area (Å²) in [6.45, 7) is 5.52. The summed E-state index contributed by atoms with van der Waals surface area (Å²) >= 11 is 0.685. The number of carboxylic acid groups (broad SMARTS) is 1. The fourth-order valence-electron chi connectivity index (χ4n) is 15.1. The predicted octanol–water partition coefficient (Wildman–Crippen LogP) is 2.68. The maximum Gasteiger partial charge on any atom is 0.305 e. The number of likely N-dealkylation sites (N-methyl/N-ethyl adjacent to an activating group) is 5. The van der Waals surface area contributed by atoms with E-state index in [0.717, 1.165) is 24.5 Å². The van der Waals surface area contributed by atoms with Gasteiger partial charge in [0.1, 0.15) is 66.2 Å². The molecule has 0 spiro atoms. The number of rotatable bonds is 23. The number of pyridine rings is 1. The highest BCUT2D eigenvalue weighted by molar-refractivity contribution is 8.00. The lowest BCUT2D eigenvalue weighted by Crippen LogP contribution is -2.61. The number of thioether (sulfide) groups is 1. The van der Waals surface area contributed by atoms with Crippen molar-refractivity contribution in [1.82, 2.24) is 82.3 Å². The molecule has 14 N–H and O–H groups in total. The molecule has 1 saturated heterocycles. The minimum Gasteiger partial charge on any atom is -0.508 e. The lowest BCUT2D eigenvalue weighted by molar-refractivity contribution is -0.151. The van der Waals surface area contributed by atoms with Crippen LogP contribution in [0.3, 0.4) is 0 Å². The maximum atomic E-state index is 15.5. The van der Waals surface area contributed by atoms with Gasteiger partial charge < -0.3 is 93.3 Å². The number of halogens is 3. The van der Waals surface area contributed by atoms with Crippen LogP contribution in [0.5, 0.6) is 5.75 Å². The molecule has 5 aromatic carbocycles. The number of fused-ring (bicyclic) bond motifs is 1. The zero-order valence-corrected chi connectivity index (χ0v) is 76.0. The van der Waals surface area contributed by atoms with Crippen LogP contribution in [0.1, 0.15) is 100 Å². The van der Waals surface area contributed by atoms with Gasteiger partial charge in [-0.1, -0.05) is 145 Å². The number of para-hydroxylation sites is 1. The van der Waals surface area contributed by atoms with Crippen LogP contribution in [-0.4, -0.2) is 273 Å². The van der Waals surface area contributed by atoms with Gasteiger partial charge in [-0.05, 0) is 101 Å². The number of amides is 15. The third kappa shape index (κ3) is 30.7. The standard InChI is InChI=1S/C93H116F3N17O18S/c1-11-12-29-73-91(129)110(7)50-78(117)102-69(44-80(119)120)87(125)108-82(54(4)5)93(131)112(9)74(41-55-22-15-13-16-23-55)88(126)106-70(38-57-30-32-62(114)33-31-57)89(127)109(6)49-77(116)100-47-61(43-60-46-99-66-28-20-19-27-63(60)66)83(121)104-68(39-58-26-21-34-98-45-58)86(124)105-67(35-53(2)3)85(123)107-72(84(122)101-48-76(97)115)51-132-52-79(118)103-71(40-59-36-64(94)81(96)65(95)37-59)90(128)113(10)75(92(130)111(73)8)42-56-24-17-14-18-25-56/h13-28,30-34,36-37,45-46,53-54,61,67-75,82,99,114H,11-12,29,35,38-44,47-52H2,1-10H3,(H2,97,115)(H,100,116)(H,101,122)(H,102,117)(H,103,118)(H,104,121)(H,105,124)(H,106,126)(H,107,123)(H,108,125)(H,119,120)/t61-,67+,68+,69+,70+,71+,72+,73+,74+,75+,82+/m1/s1. The molecule has 0 unspecified atom stereocenters. The second kappa shape index (κ2) is 49.9. The number of carbonyl (C=O) groups is 16. The van der Waals surface area contributed by atoms with E-state index >= 15 is 42.3 Å². The van der Waals surface area contributed by atoms with Crippen molar-refractivity contribution in [3.63, 3.8) is 0 Å². The largest absolute Gasteiger partial charge is 0.508 e. The number of aliphatic carboxylic acids is 1. The van der Waals surface area contributed by atoms with Gasteiger partial charge in [-0.2, -0.15) is 0 Å². The first-order valence-electron chi connectivity index (χ1n) is 43.2. The van der Waals surface area contributed by atoms with Crippen molar-refractivity contribution < 1.29 is 100 Å². The summed E-state index contributed by atoms with van der Waals surface area (Å²) in [5, 5.41) is 44.8. The van der Waals surface area contributed by atoms with Crippen LogP contribution < -0.4 is 53.6 Å². The highest BCUT2D eigenvalue weighted by Gasteiger charge is 2.42. The first-order chi connectivity index (χ1) is 62.7. The number of nitrogens with one attached hydrogen (secondary N) is 10. The molecule has 2 aromatic heterocycles. The van der Waals surface area contributed by atoms with Gasteiger partial charge in [-0.15, -0.1) is 11.8 Å². The smallest absolute Gasteiger partial charge is 0.305 e. The van der Waals surface area contributed by atoms with Crippen LogP contribution in [0.25, 0.3) is 10.9 Å². The van der Waals surface area contributed by atoms with Crippen molar-refractivity contribution in [2.45, 2.75) is 166 Å². The van der Waals surface area contributed by atoms with Crippen LogP contribution in [0.2, 0.25) is 0 Å². The molecule has 1 fully saturated rings. The minimum absolute atomic E-state index is 0.0692. The molecule has 1 aliphatic heterocycles. The normalized spacial score (nSPS) is 21.8. The van der Waals surface area contributed by atoms with Gasteiger partial charge in [0, 0.05) is 109 Å². The number of phenols is 1. The number of H-pyrrole nitrogens is 1. The number of hydrogen-bond donors (Lipinski definition) is 13. The summed E-state index contributed by atoms with van der Waals surface area (Å²) in [6, 6.07) is 17.6. The third-order valence-corrected chi connectivity index (χ3v) is 23.4. The Morgan fingerprint density at radius 2 is 1.08 bits per heavy atom. The van der Waals surface area contributed by atoms with Crippen LogP contribution in [-0.2, 0) is 115 Å². The first kappa shape index (κ1) is 104. The van der Waals surface area contributed by atoms with E-state index in [1.807, 2.05) is 0 Å². The Morgan fingerprint density at radius 3 is 1.69 bits per heavy atom. The lowest BCUT2D eigenvalue weighted by Gasteiger charge is -2.37. The van der Waals surface area contributed by atoms with E-state index in [2.05, 4.69) is 57.8 Å². The Kier molecular flexibility index (Phi) is 39.2. The quantitative estimate of drug-likeness (QED) is 0.0409. The van der Waals surface area contributed by atoms with Crippen LogP contribution in [0, 0.1) is 35.2 Å². The average Bonchev–Trinajstić information content (AvgIpc) is 1.03. The summed E-state index contributed by atoms with van der Waals surface area (Å²) in [6.07, 6.45) is 2.14. The number of aromatic hydroxyl groups is 1. The Labute approximate surface area is 766 Å². The molecule has 35 nitrogen and oxygen atoms in total. The van der Waals surface area contributed by atoms with Gasteiger partial charge in [0.15, 0.2) is 17.5 Å². The van der Waals surface area contributed by atoms with Gasteiger partial charge in [-0.3, -0.25) is 81.7 Å². The molecule has 7 aromatic rings. The summed E-state index contributed by atoms with van der Waals surface area (Å²) in [7, 11) is 6.18. The van der Waals surface area contributed by atoms with Crippen molar-refractivity contribution in [2.24, 2.45) is 23.5 Å². The number of carboxylic acids is 1. The number of aromatic nitrogens is 2. The molecule has 0 aliphatic carbocycles. The molecule has 0 radical (unpaired) electrons. The number of phenolic OH excluding ortho intramolecular Hbond substituents is 1. The molecule has 11 atom stereocenters. The first-order valence-corrected chi connectivity index (χ1v) is 44.3. The second-order valence-corrected chi connectivity index (χ2v) is 34.6. The predicted molar refractivity (Wildman–Crippen MR) is 483 cm³/mol. The molecule has 0 bridgehead atoms. The molecule has 708 valence electrons. The second-order valence-electron chi connectivity index (χ2n) is 33.5. The monoisotopic (exact) mass is 1850 g/mol. The van der Waals surface area contributed by atoms with Crippen molar-refractivity contribution in [1.29, 1.82) is 0 Å². The summed E-state index contributed by atoms with van der Waals surface area (Å²) in [5.74, 6) is -24.9. The number of unbranched alkanes of at least 4 members (excludes halogenated alkanes) is 1. The Hall–Kier alpha value is -13.8. The number of nitrogens with two attached hydrogens (primary N) is 1. The molecule has 1 aliphatic rings. The van der Waals surface area contributed by atoms with E-state index in [-0.39, 0.29) is 68.6 Å². The van der Waals surface area contributed by atoms with Gasteiger partial charge in [0.25, 0.3) is 0 Å². The van der Waals surface area contributed by atoms with Gasteiger partial charge in [0.05, 0.1) is 37.7 Å². The molecule has 132 heavy (non-hydrogen) atoms. The van der Waals surface area contributed by atoms with E-state index in [4.69, 9.17) is 5.73 Å². The number of primary amides is 1. The van der Waals surface area contributed by atoms with Gasteiger partial charge in [-0.25, -0.2) is 13.2 Å². The number of aromatic amines is 1. The van der Waals surface area contributed by atoms with E-state index in [1.165, 1.54) is 71.9 Å². The third-order valence-electron chi connectivity index (χ3n) is 22.4. The molecule has 39 heteroatoms. The molecule has 8 rings (SSSR count). The van der Waals surface area contributed by atoms with Crippen molar-refractivity contribution in [3.05, 3.63) is 203 Å². The average molecular weight is 1850 g/mol. The summed E-state index contributed by atoms with van der Waals surface area (Å²) < 4.78 is 44.9. The SMILES string of the molecule is CCCC[C@H]1C(=O)N(C)CC(=O)N[C@@H](CC(=O)O)C(=O)N[C@@H](C(C)C)C(=O)N(C)[C@@H](Cc2ccccc2)C(=O)N[C@@H](Cc2ccc(O)cc2)C(=O)N(C)CC(=O)NC[C@@H](Cc2c[nH]c3ccccc23)C(=O)N[C@@H](Cc2cccnc2)C(=O)N[C@@H](CC(C)C)C(=O)N[C@H](C(=O)NCC(N)=O)CSCC(=O)N[C@@H](Cc2cc(F)c(F)c(F)c2)C(=O)N(C)[C@@H](Cc2ccccc2)C(=O)N1C. The number of benzene rings is 5. The van der Waals surface area contributed by atoms with Gasteiger partial charge in [0.2, 0.25) is 88.6 Å². The molecular weight excluding hydrogens is 1730 g/mol.